The Labute approximate surface area is 97.4 Å². The molecule has 0 spiro atoms. The van der Waals surface area contributed by atoms with E-state index in [0.717, 1.165) is 18.2 Å². The maximum atomic E-state index is 11.6. The number of hydrogen-bond acceptors (Lipinski definition) is 4. The molecule has 0 aliphatic carbocycles. The van der Waals surface area contributed by atoms with Crippen molar-refractivity contribution in [3.8, 4) is 17.6 Å². The molecule has 1 amide bonds. The maximum Gasteiger partial charge on any atom is 0.282 e. The van der Waals surface area contributed by atoms with E-state index in [1.165, 1.54) is 0 Å². The highest BCUT2D eigenvalue weighted by atomic mass is 16.6. The van der Waals surface area contributed by atoms with Gasteiger partial charge in [-0.3, -0.25) is 14.9 Å². The van der Waals surface area contributed by atoms with Crippen molar-refractivity contribution < 1.29 is 14.8 Å². The zero-order valence-corrected chi connectivity index (χ0v) is 9.06. The second-order valence-corrected chi connectivity index (χ2v) is 3.07. The Morgan fingerprint density at radius 1 is 1.59 bits per heavy atom. The molecule has 0 saturated carbocycles. The summed E-state index contributed by atoms with van der Waals surface area (Å²) in [5.41, 5.74) is -0.544. The number of nitro benzene ring substituents is 1. The molecule has 2 N–H and O–H groups in total. The van der Waals surface area contributed by atoms with Crippen LogP contribution in [0, 0.1) is 22.0 Å². The van der Waals surface area contributed by atoms with Crippen LogP contribution in [0.15, 0.2) is 18.2 Å². The SMILES string of the molecule is CC#CCNC(=O)c1cc(O)ccc1[N+](=O)[O-]. The highest BCUT2D eigenvalue weighted by Crippen LogP contribution is 2.22. The van der Waals surface area contributed by atoms with Gasteiger partial charge in [-0.25, -0.2) is 0 Å². The van der Waals surface area contributed by atoms with Gasteiger partial charge in [0.25, 0.3) is 11.6 Å². The fraction of sp³-hybridized carbons (Fsp3) is 0.182. The second kappa shape index (κ2) is 5.51. The number of nitrogens with zero attached hydrogens (tertiary/aromatic N) is 1. The molecule has 0 saturated heterocycles. The van der Waals surface area contributed by atoms with E-state index >= 15 is 0 Å². The summed E-state index contributed by atoms with van der Waals surface area (Å²) in [5, 5.41) is 22.3. The van der Waals surface area contributed by atoms with Crippen LogP contribution >= 0.6 is 0 Å². The van der Waals surface area contributed by atoms with Crippen molar-refractivity contribution in [1.82, 2.24) is 5.32 Å². The minimum atomic E-state index is -0.681. The number of nitrogens with one attached hydrogen (secondary N) is 1. The average molecular weight is 234 g/mol. The fourth-order valence-electron chi connectivity index (χ4n) is 1.17. The van der Waals surface area contributed by atoms with Crippen LogP contribution in [0.1, 0.15) is 17.3 Å². The van der Waals surface area contributed by atoms with E-state index < -0.39 is 10.8 Å². The molecule has 0 aromatic heterocycles. The molecule has 0 atom stereocenters. The molecule has 0 aliphatic heterocycles. The van der Waals surface area contributed by atoms with E-state index in [1.54, 1.807) is 6.92 Å². The number of benzene rings is 1. The first-order valence-corrected chi connectivity index (χ1v) is 4.71. The quantitative estimate of drug-likeness (QED) is 0.464. The second-order valence-electron chi connectivity index (χ2n) is 3.07. The first-order valence-electron chi connectivity index (χ1n) is 4.71. The Morgan fingerprint density at radius 3 is 2.88 bits per heavy atom. The van der Waals surface area contributed by atoms with Gasteiger partial charge in [-0.2, -0.15) is 0 Å². The number of carbonyl (C=O) groups is 1. The molecule has 0 unspecified atom stereocenters. The minimum Gasteiger partial charge on any atom is -0.508 e. The van der Waals surface area contributed by atoms with Crippen molar-refractivity contribution in [3.05, 3.63) is 33.9 Å². The predicted octanol–water partition coefficient (Wildman–Crippen LogP) is 1.05. The van der Waals surface area contributed by atoms with Crippen LogP contribution < -0.4 is 5.32 Å². The van der Waals surface area contributed by atoms with Gasteiger partial charge in [0, 0.05) is 6.07 Å². The molecule has 6 nitrogen and oxygen atoms in total. The summed E-state index contributed by atoms with van der Waals surface area (Å²) in [4.78, 5) is 21.6. The van der Waals surface area contributed by atoms with Gasteiger partial charge in [-0.15, -0.1) is 5.92 Å². The Hall–Kier alpha value is -2.55. The van der Waals surface area contributed by atoms with Crippen molar-refractivity contribution in [2.45, 2.75) is 6.92 Å². The van der Waals surface area contributed by atoms with Crippen LogP contribution in [-0.4, -0.2) is 22.5 Å². The lowest BCUT2D eigenvalue weighted by molar-refractivity contribution is -0.385. The molecule has 0 fully saturated rings. The molecular weight excluding hydrogens is 224 g/mol. The van der Waals surface area contributed by atoms with Crippen LogP contribution in [0.4, 0.5) is 5.69 Å². The van der Waals surface area contributed by atoms with Gasteiger partial charge in [0.15, 0.2) is 0 Å². The average Bonchev–Trinajstić information content (AvgIpc) is 2.28. The molecule has 1 aromatic carbocycles. The van der Waals surface area contributed by atoms with Gasteiger partial charge in [-0.05, 0) is 19.1 Å². The topological polar surface area (TPSA) is 92.5 Å². The number of hydrogen-bond donors (Lipinski definition) is 2. The van der Waals surface area contributed by atoms with E-state index in [4.69, 9.17) is 0 Å². The van der Waals surface area contributed by atoms with Crippen molar-refractivity contribution in [1.29, 1.82) is 0 Å². The number of phenolic OH excluding ortho intramolecular Hbond substituents is 1. The van der Waals surface area contributed by atoms with E-state index in [9.17, 15) is 20.0 Å². The molecule has 17 heavy (non-hydrogen) atoms. The fourth-order valence-corrected chi connectivity index (χ4v) is 1.17. The van der Waals surface area contributed by atoms with Crippen molar-refractivity contribution >= 4 is 11.6 Å². The Bertz CT molecular complexity index is 514. The minimum absolute atomic E-state index is 0.0993. The van der Waals surface area contributed by atoms with Crippen LogP contribution in [-0.2, 0) is 0 Å². The summed E-state index contributed by atoms with van der Waals surface area (Å²) in [6.07, 6.45) is 0. The van der Waals surface area contributed by atoms with Gasteiger partial charge in [0.2, 0.25) is 0 Å². The highest BCUT2D eigenvalue weighted by molar-refractivity contribution is 5.98. The normalized spacial score (nSPS) is 9.00. The molecule has 88 valence electrons. The van der Waals surface area contributed by atoms with Crippen molar-refractivity contribution in [3.63, 3.8) is 0 Å². The Kier molecular flexibility index (Phi) is 4.06. The lowest BCUT2D eigenvalue weighted by Gasteiger charge is -2.03. The van der Waals surface area contributed by atoms with Crippen LogP contribution in [0.2, 0.25) is 0 Å². The number of rotatable bonds is 3. The molecule has 1 rings (SSSR count). The molecule has 1 aromatic rings. The van der Waals surface area contributed by atoms with Crippen molar-refractivity contribution in [2.75, 3.05) is 6.54 Å². The summed E-state index contributed by atoms with van der Waals surface area (Å²) in [5.74, 6) is 4.32. The summed E-state index contributed by atoms with van der Waals surface area (Å²) >= 11 is 0. The van der Waals surface area contributed by atoms with E-state index in [-0.39, 0.29) is 23.5 Å². The van der Waals surface area contributed by atoms with E-state index in [1.807, 2.05) is 0 Å². The Balaban J connectivity index is 3.01. The standard InChI is InChI=1S/C11H10N2O4/c1-2-3-6-12-11(15)9-7-8(14)4-5-10(9)13(16)17/h4-5,7,14H,6H2,1H3,(H,12,15). The zero-order valence-electron chi connectivity index (χ0n) is 9.06. The third-order valence-corrected chi connectivity index (χ3v) is 1.94. The van der Waals surface area contributed by atoms with E-state index in [0.29, 0.717) is 0 Å². The Morgan fingerprint density at radius 2 is 2.29 bits per heavy atom. The molecule has 0 aliphatic rings. The molecule has 0 heterocycles. The molecule has 6 heteroatoms. The number of nitro groups is 1. The summed E-state index contributed by atoms with van der Waals surface area (Å²) in [7, 11) is 0. The monoisotopic (exact) mass is 234 g/mol. The predicted molar refractivity (Wildman–Crippen MR) is 60.5 cm³/mol. The number of amides is 1. The number of aromatic hydroxyl groups is 1. The third kappa shape index (κ3) is 3.21. The highest BCUT2D eigenvalue weighted by Gasteiger charge is 2.20. The molecule has 0 radical (unpaired) electrons. The van der Waals surface area contributed by atoms with Crippen molar-refractivity contribution in [2.24, 2.45) is 0 Å². The van der Waals surface area contributed by atoms with E-state index in [2.05, 4.69) is 17.2 Å². The van der Waals surface area contributed by atoms with Gasteiger partial charge >= 0.3 is 0 Å². The van der Waals surface area contributed by atoms with Crippen LogP contribution in [0.3, 0.4) is 0 Å². The summed E-state index contributed by atoms with van der Waals surface area (Å²) in [6, 6.07) is 3.28. The van der Waals surface area contributed by atoms with Gasteiger partial charge in [-0.1, -0.05) is 5.92 Å². The third-order valence-electron chi connectivity index (χ3n) is 1.94. The maximum absolute atomic E-state index is 11.6. The van der Waals surface area contributed by atoms with Gasteiger partial charge < -0.3 is 10.4 Å². The van der Waals surface area contributed by atoms with Gasteiger partial charge in [0.05, 0.1) is 11.5 Å². The largest absolute Gasteiger partial charge is 0.508 e. The first-order chi connectivity index (χ1) is 8.06. The lowest BCUT2D eigenvalue weighted by Crippen LogP contribution is -2.24. The smallest absolute Gasteiger partial charge is 0.282 e. The first kappa shape index (κ1) is 12.5. The molecule has 0 bridgehead atoms. The lowest BCUT2D eigenvalue weighted by atomic mass is 10.1. The van der Waals surface area contributed by atoms with Crippen LogP contribution in [0.5, 0.6) is 5.75 Å². The number of phenols is 1. The zero-order chi connectivity index (χ0) is 12.8. The molecular formula is C11H10N2O4. The van der Waals surface area contributed by atoms with Crippen LogP contribution in [0.25, 0.3) is 0 Å². The van der Waals surface area contributed by atoms with Gasteiger partial charge in [0.1, 0.15) is 11.3 Å². The summed E-state index contributed by atoms with van der Waals surface area (Å²) in [6.45, 7) is 1.71. The summed E-state index contributed by atoms with van der Waals surface area (Å²) < 4.78 is 0. The number of carbonyl (C=O) groups excluding carboxylic acids is 1.